The van der Waals surface area contributed by atoms with Crippen LogP contribution in [-0.4, -0.2) is 27.8 Å². The van der Waals surface area contributed by atoms with Gasteiger partial charge >= 0.3 is 0 Å². The number of hydrogen-bond donors (Lipinski definition) is 2. The molecule has 0 radical (unpaired) electrons. The summed E-state index contributed by atoms with van der Waals surface area (Å²) in [6, 6.07) is 18.9. The molecule has 0 aliphatic carbocycles. The number of hydrogen-bond acceptors (Lipinski definition) is 2. The number of piperidine rings is 1. The zero-order chi connectivity index (χ0) is 15.6. The SMILES string of the molecule is OC1C(c2cccc3[nH]ccc23)CCCN1Cc1ccccc1. The van der Waals surface area contributed by atoms with Gasteiger partial charge in [0, 0.05) is 36.1 Å². The normalized spacial score (nSPS) is 22.5. The minimum absolute atomic E-state index is 0.173. The highest BCUT2D eigenvalue weighted by molar-refractivity contribution is 5.83. The molecule has 2 atom stereocenters. The molecule has 1 aliphatic rings. The number of aromatic nitrogens is 1. The molecule has 2 aromatic carbocycles. The van der Waals surface area contributed by atoms with Crippen molar-refractivity contribution in [2.45, 2.75) is 31.5 Å². The second kappa shape index (κ2) is 6.19. The van der Waals surface area contributed by atoms with Crippen LogP contribution < -0.4 is 0 Å². The monoisotopic (exact) mass is 306 g/mol. The molecule has 1 saturated heterocycles. The van der Waals surface area contributed by atoms with Gasteiger partial charge in [-0.15, -0.1) is 0 Å². The molecule has 1 fully saturated rings. The first kappa shape index (κ1) is 14.5. The van der Waals surface area contributed by atoms with Crippen molar-refractivity contribution in [1.29, 1.82) is 0 Å². The molecule has 1 aromatic heterocycles. The standard InChI is InChI=1S/C20H22N2O/c23-20-18(16-8-4-10-19-17(16)11-12-21-19)9-5-13-22(20)14-15-6-2-1-3-7-15/h1-4,6-8,10-12,18,20-21,23H,5,9,13-14H2. The van der Waals surface area contributed by atoms with Gasteiger partial charge in [-0.1, -0.05) is 42.5 Å². The summed E-state index contributed by atoms with van der Waals surface area (Å²) >= 11 is 0. The first-order chi connectivity index (χ1) is 11.3. The molecule has 2 heterocycles. The maximum atomic E-state index is 11.0. The van der Waals surface area contributed by atoms with Crippen molar-refractivity contribution in [2.75, 3.05) is 6.54 Å². The fourth-order valence-corrected chi connectivity index (χ4v) is 3.79. The van der Waals surface area contributed by atoms with Crippen molar-refractivity contribution < 1.29 is 5.11 Å². The molecule has 0 saturated carbocycles. The molecule has 0 bridgehead atoms. The molecule has 3 aromatic rings. The number of aromatic amines is 1. The van der Waals surface area contributed by atoms with Crippen molar-refractivity contribution in [1.82, 2.24) is 9.88 Å². The highest BCUT2D eigenvalue weighted by atomic mass is 16.3. The van der Waals surface area contributed by atoms with Crippen LogP contribution in [0.15, 0.2) is 60.8 Å². The lowest BCUT2D eigenvalue weighted by atomic mass is 9.86. The highest BCUT2D eigenvalue weighted by Crippen LogP contribution is 2.35. The summed E-state index contributed by atoms with van der Waals surface area (Å²) in [5, 5.41) is 12.2. The zero-order valence-electron chi connectivity index (χ0n) is 13.2. The summed E-state index contributed by atoms with van der Waals surface area (Å²) in [6.07, 6.45) is 3.71. The van der Waals surface area contributed by atoms with Gasteiger partial charge in [-0.05, 0) is 36.1 Å². The third-order valence-corrected chi connectivity index (χ3v) is 4.95. The minimum Gasteiger partial charge on any atom is -0.378 e. The largest absolute Gasteiger partial charge is 0.378 e. The number of H-pyrrole nitrogens is 1. The fourth-order valence-electron chi connectivity index (χ4n) is 3.79. The predicted octanol–water partition coefficient (Wildman–Crippen LogP) is 3.87. The summed E-state index contributed by atoms with van der Waals surface area (Å²) < 4.78 is 0. The Kier molecular flexibility index (Phi) is 3.90. The number of aliphatic hydroxyl groups is 1. The maximum absolute atomic E-state index is 11.0. The Bertz CT molecular complexity index is 780. The van der Waals surface area contributed by atoms with Gasteiger partial charge in [-0.2, -0.15) is 0 Å². The van der Waals surface area contributed by atoms with Gasteiger partial charge in [0.05, 0.1) is 0 Å². The summed E-state index contributed by atoms with van der Waals surface area (Å²) in [7, 11) is 0. The van der Waals surface area contributed by atoms with E-state index in [-0.39, 0.29) is 5.92 Å². The van der Waals surface area contributed by atoms with E-state index in [1.807, 2.05) is 12.3 Å². The Morgan fingerprint density at radius 2 is 1.91 bits per heavy atom. The molecule has 118 valence electrons. The maximum Gasteiger partial charge on any atom is 0.114 e. The van der Waals surface area contributed by atoms with Gasteiger partial charge in [0.2, 0.25) is 0 Å². The van der Waals surface area contributed by atoms with Crippen LogP contribution in [0, 0.1) is 0 Å². The number of nitrogens with one attached hydrogen (secondary N) is 1. The van der Waals surface area contributed by atoms with Gasteiger partial charge in [-0.25, -0.2) is 0 Å². The number of aliphatic hydroxyl groups excluding tert-OH is 1. The van der Waals surface area contributed by atoms with Crippen LogP contribution in [0.4, 0.5) is 0 Å². The Morgan fingerprint density at radius 3 is 2.78 bits per heavy atom. The number of rotatable bonds is 3. The molecule has 23 heavy (non-hydrogen) atoms. The average Bonchev–Trinajstić information content (AvgIpc) is 3.07. The van der Waals surface area contributed by atoms with E-state index in [4.69, 9.17) is 0 Å². The van der Waals surface area contributed by atoms with Crippen LogP contribution in [0.25, 0.3) is 10.9 Å². The van der Waals surface area contributed by atoms with Crippen LogP contribution in [0.1, 0.15) is 29.9 Å². The van der Waals surface area contributed by atoms with E-state index in [0.717, 1.165) is 31.4 Å². The van der Waals surface area contributed by atoms with E-state index in [9.17, 15) is 5.11 Å². The lowest BCUT2D eigenvalue weighted by Gasteiger charge is -2.38. The van der Waals surface area contributed by atoms with Crippen molar-refractivity contribution in [3.63, 3.8) is 0 Å². The molecule has 1 aliphatic heterocycles. The van der Waals surface area contributed by atoms with Crippen molar-refractivity contribution in [3.8, 4) is 0 Å². The van der Waals surface area contributed by atoms with E-state index < -0.39 is 6.23 Å². The van der Waals surface area contributed by atoms with Crippen LogP contribution in [0.5, 0.6) is 0 Å². The molecular formula is C20H22N2O. The van der Waals surface area contributed by atoms with Gasteiger partial charge in [0.25, 0.3) is 0 Å². The lowest BCUT2D eigenvalue weighted by molar-refractivity contribution is -0.0453. The third-order valence-electron chi connectivity index (χ3n) is 4.95. The number of nitrogens with zero attached hydrogens (tertiary/aromatic N) is 1. The summed E-state index contributed by atoms with van der Waals surface area (Å²) in [5.41, 5.74) is 3.66. The smallest absolute Gasteiger partial charge is 0.114 e. The van der Waals surface area contributed by atoms with Crippen molar-refractivity contribution in [3.05, 3.63) is 71.9 Å². The van der Waals surface area contributed by atoms with Crippen LogP contribution >= 0.6 is 0 Å². The van der Waals surface area contributed by atoms with Crippen LogP contribution in [-0.2, 0) is 6.54 Å². The minimum atomic E-state index is -0.426. The number of fused-ring (bicyclic) bond motifs is 1. The lowest BCUT2D eigenvalue weighted by Crippen LogP contribution is -2.43. The molecular weight excluding hydrogens is 284 g/mol. The summed E-state index contributed by atoms with van der Waals surface area (Å²) in [4.78, 5) is 5.47. The van der Waals surface area contributed by atoms with E-state index in [0.29, 0.717) is 0 Å². The molecule has 2 N–H and O–H groups in total. The highest BCUT2D eigenvalue weighted by Gasteiger charge is 2.31. The van der Waals surface area contributed by atoms with E-state index in [1.165, 1.54) is 16.5 Å². The topological polar surface area (TPSA) is 39.3 Å². The Balaban J connectivity index is 1.61. The summed E-state index contributed by atoms with van der Waals surface area (Å²) in [6.45, 7) is 1.76. The first-order valence-electron chi connectivity index (χ1n) is 8.35. The third kappa shape index (κ3) is 2.78. The van der Waals surface area contributed by atoms with Gasteiger partial charge in [0.15, 0.2) is 0 Å². The van der Waals surface area contributed by atoms with Crippen LogP contribution in [0.2, 0.25) is 0 Å². The zero-order valence-corrected chi connectivity index (χ0v) is 13.2. The molecule has 3 heteroatoms. The predicted molar refractivity (Wildman–Crippen MR) is 93.1 cm³/mol. The second-order valence-corrected chi connectivity index (χ2v) is 6.40. The molecule has 0 amide bonds. The van der Waals surface area contributed by atoms with Crippen molar-refractivity contribution >= 4 is 10.9 Å². The Hall–Kier alpha value is -2.10. The quantitative estimate of drug-likeness (QED) is 0.771. The van der Waals surface area contributed by atoms with Gasteiger partial charge in [0.1, 0.15) is 6.23 Å². The van der Waals surface area contributed by atoms with Gasteiger partial charge in [-0.3, -0.25) is 4.90 Å². The molecule has 4 rings (SSSR count). The van der Waals surface area contributed by atoms with E-state index >= 15 is 0 Å². The molecule has 3 nitrogen and oxygen atoms in total. The van der Waals surface area contributed by atoms with Crippen LogP contribution in [0.3, 0.4) is 0 Å². The Morgan fingerprint density at radius 1 is 1.04 bits per heavy atom. The average molecular weight is 306 g/mol. The number of likely N-dealkylation sites (tertiary alicyclic amines) is 1. The Labute approximate surface area is 136 Å². The second-order valence-electron chi connectivity index (χ2n) is 6.40. The van der Waals surface area contributed by atoms with E-state index in [1.54, 1.807) is 0 Å². The molecule has 2 unspecified atom stereocenters. The van der Waals surface area contributed by atoms with Gasteiger partial charge < -0.3 is 10.1 Å². The van der Waals surface area contributed by atoms with Crippen molar-refractivity contribution in [2.24, 2.45) is 0 Å². The first-order valence-corrected chi connectivity index (χ1v) is 8.35. The summed E-state index contributed by atoms with van der Waals surface area (Å²) in [5.74, 6) is 0.173. The number of benzene rings is 2. The van der Waals surface area contributed by atoms with E-state index in [2.05, 4.69) is 58.4 Å². The fraction of sp³-hybridized carbons (Fsp3) is 0.300. The molecule has 0 spiro atoms.